The molecule has 0 bridgehead atoms. The van der Waals surface area contributed by atoms with Crippen molar-refractivity contribution in [1.82, 2.24) is 15.1 Å². The van der Waals surface area contributed by atoms with Crippen molar-refractivity contribution < 1.29 is 0 Å². The Balaban J connectivity index is 1.80. The van der Waals surface area contributed by atoms with Crippen molar-refractivity contribution in [2.45, 2.75) is 58.2 Å². The Hall–Kier alpha value is -0.120. The molecule has 2 aliphatic rings. The molecule has 106 valence electrons. The van der Waals surface area contributed by atoms with Gasteiger partial charge in [0.1, 0.15) is 0 Å². The van der Waals surface area contributed by atoms with E-state index >= 15 is 0 Å². The fraction of sp³-hybridized carbons (Fsp3) is 1.00. The number of hydrogen-bond donors (Lipinski definition) is 1. The van der Waals surface area contributed by atoms with Crippen LogP contribution in [0.1, 0.15) is 40.0 Å². The first-order chi connectivity index (χ1) is 8.56. The van der Waals surface area contributed by atoms with Gasteiger partial charge in [-0.2, -0.15) is 0 Å². The van der Waals surface area contributed by atoms with E-state index in [1.165, 1.54) is 45.4 Å². The molecule has 0 radical (unpaired) electrons. The predicted molar refractivity (Wildman–Crippen MR) is 77.9 cm³/mol. The van der Waals surface area contributed by atoms with Crippen LogP contribution in [0, 0.1) is 5.92 Å². The highest BCUT2D eigenvalue weighted by Gasteiger charge is 2.33. The van der Waals surface area contributed by atoms with Crippen molar-refractivity contribution in [3.05, 3.63) is 0 Å². The Labute approximate surface area is 113 Å². The van der Waals surface area contributed by atoms with Gasteiger partial charge in [-0.15, -0.1) is 0 Å². The first-order valence-corrected chi connectivity index (χ1v) is 7.74. The minimum Gasteiger partial charge on any atom is -0.314 e. The topological polar surface area (TPSA) is 18.5 Å². The maximum Gasteiger partial charge on any atom is 0.0238 e. The highest BCUT2D eigenvalue weighted by molar-refractivity contribution is 4.89. The van der Waals surface area contributed by atoms with Crippen molar-refractivity contribution in [3.8, 4) is 0 Å². The Kier molecular flexibility index (Phi) is 5.05. The van der Waals surface area contributed by atoms with Crippen LogP contribution in [0.2, 0.25) is 0 Å². The van der Waals surface area contributed by atoms with E-state index < -0.39 is 0 Å². The molecular weight excluding hydrogens is 222 g/mol. The lowest BCUT2D eigenvalue weighted by atomic mass is 9.96. The summed E-state index contributed by atoms with van der Waals surface area (Å²) in [6.07, 6.45) is 4.16. The van der Waals surface area contributed by atoms with Gasteiger partial charge in [0.15, 0.2) is 0 Å². The summed E-state index contributed by atoms with van der Waals surface area (Å²) in [5.74, 6) is 0.863. The number of likely N-dealkylation sites (tertiary alicyclic amines) is 2. The van der Waals surface area contributed by atoms with E-state index in [0.717, 1.165) is 18.0 Å². The van der Waals surface area contributed by atoms with Crippen LogP contribution in [0.25, 0.3) is 0 Å². The van der Waals surface area contributed by atoms with E-state index in [-0.39, 0.29) is 0 Å². The molecule has 0 aliphatic carbocycles. The normalized spacial score (nSPS) is 35.5. The molecule has 1 N–H and O–H groups in total. The number of hydrogen-bond acceptors (Lipinski definition) is 3. The highest BCUT2D eigenvalue weighted by atomic mass is 15.3. The van der Waals surface area contributed by atoms with Crippen LogP contribution in [0.4, 0.5) is 0 Å². The van der Waals surface area contributed by atoms with Crippen LogP contribution in [-0.2, 0) is 0 Å². The van der Waals surface area contributed by atoms with Crippen LogP contribution in [0.5, 0.6) is 0 Å². The lowest BCUT2D eigenvalue weighted by Crippen LogP contribution is -2.46. The number of likely N-dealkylation sites (N-methyl/N-ethyl adjacent to an activating group) is 1. The molecule has 3 heteroatoms. The highest BCUT2D eigenvalue weighted by Crippen LogP contribution is 2.25. The quantitative estimate of drug-likeness (QED) is 0.824. The zero-order valence-electron chi connectivity index (χ0n) is 12.7. The number of nitrogens with one attached hydrogen (secondary N) is 1. The van der Waals surface area contributed by atoms with E-state index in [0.29, 0.717) is 6.04 Å². The van der Waals surface area contributed by atoms with Crippen molar-refractivity contribution >= 4 is 0 Å². The smallest absolute Gasteiger partial charge is 0.0238 e. The summed E-state index contributed by atoms with van der Waals surface area (Å²) < 4.78 is 0. The predicted octanol–water partition coefficient (Wildman–Crippen LogP) is 1.79. The Morgan fingerprint density at radius 3 is 2.67 bits per heavy atom. The van der Waals surface area contributed by atoms with Crippen LogP contribution in [-0.4, -0.2) is 61.2 Å². The van der Waals surface area contributed by atoms with Crippen LogP contribution < -0.4 is 5.32 Å². The van der Waals surface area contributed by atoms with Gasteiger partial charge in [0.25, 0.3) is 0 Å². The third kappa shape index (κ3) is 3.69. The van der Waals surface area contributed by atoms with Crippen LogP contribution in [0.15, 0.2) is 0 Å². The zero-order valence-corrected chi connectivity index (χ0v) is 12.7. The summed E-state index contributed by atoms with van der Waals surface area (Å²) >= 11 is 0. The summed E-state index contributed by atoms with van der Waals surface area (Å²) in [6.45, 7) is 12.0. The third-order valence-electron chi connectivity index (χ3n) is 4.75. The van der Waals surface area contributed by atoms with Gasteiger partial charge in [-0.05, 0) is 52.2 Å². The number of piperidine rings is 1. The summed E-state index contributed by atoms with van der Waals surface area (Å²) in [5, 5.41) is 3.61. The summed E-state index contributed by atoms with van der Waals surface area (Å²) in [4.78, 5) is 5.27. The molecule has 2 aliphatic heterocycles. The first-order valence-electron chi connectivity index (χ1n) is 7.74. The first kappa shape index (κ1) is 14.3. The van der Waals surface area contributed by atoms with Gasteiger partial charge in [0.05, 0.1) is 0 Å². The van der Waals surface area contributed by atoms with Gasteiger partial charge in [-0.3, -0.25) is 4.90 Å². The molecule has 2 rings (SSSR count). The second-order valence-electron chi connectivity index (χ2n) is 6.74. The van der Waals surface area contributed by atoms with Crippen molar-refractivity contribution in [3.63, 3.8) is 0 Å². The molecule has 0 spiro atoms. The van der Waals surface area contributed by atoms with E-state index in [2.05, 4.69) is 42.9 Å². The largest absolute Gasteiger partial charge is 0.314 e. The third-order valence-corrected chi connectivity index (χ3v) is 4.75. The molecule has 0 aromatic heterocycles. The Morgan fingerprint density at radius 1 is 1.28 bits per heavy atom. The van der Waals surface area contributed by atoms with Gasteiger partial charge in [0.2, 0.25) is 0 Å². The summed E-state index contributed by atoms with van der Waals surface area (Å²) in [5.41, 5.74) is 0. The van der Waals surface area contributed by atoms with E-state index in [9.17, 15) is 0 Å². The van der Waals surface area contributed by atoms with Crippen molar-refractivity contribution in [2.24, 2.45) is 5.92 Å². The number of rotatable bonds is 4. The van der Waals surface area contributed by atoms with E-state index in [1.807, 2.05) is 0 Å². The number of nitrogens with zero attached hydrogens (tertiary/aromatic N) is 2. The van der Waals surface area contributed by atoms with Gasteiger partial charge < -0.3 is 10.2 Å². The SMILES string of the molecule is CC(C)NCC1CCCN(C2CC(C)N(C)C2)C1. The van der Waals surface area contributed by atoms with Crippen LogP contribution in [0.3, 0.4) is 0 Å². The van der Waals surface area contributed by atoms with Gasteiger partial charge in [-0.25, -0.2) is 0 Å². The van der Waals surface area contributed by atoms with E-state index in [1.54, 1.807) is 0 Å². The molecule has 3 nitrogen and oxygen atoms in total. The molecule has 0 aromatic carbocycles. The fourth-order valence-electron chi connectivity index (χ4n) is 3.42. The zero-order chi connectivity index (χ0) is 13.1. The maximum atomic E-state index is 3.61. The molecule has 0 aromatic rings. The molecule has 0 amide bonds. The standard InChI is InChI=1S/C15H31N3/c1-12(2)16-9-14-6-5-7-18(10-14)15-8-13(3)17(4)11-15/h12-16H,5-11H2,1-4H3. The summed E-state index contributed by atoms with van der Waals surface area (Å²) in [6, 6.07) is 2.20. The Morgan fingerprint density at radius 2 is 2.06 bits per heavy atom. The van der Waals surface area contributed by atoms with Gasteiger partial charge >= 0.3 is 0 Å². The molecule has 0 saturated carbocycles. The fourth-order valence-corrected chi connectivity index (χ4v) is 3.42. The second kappa shape index (κ2) is 6.36. The Bertz CT molecular complexity index is 244. The molecule has 2 saturated heterocycles. The maximum absolute atomic E-state index is 3.61. The minimum atomic E-state index is 0.623. The molecular formula is C15H31N3. The average Bonchev–Trinajstić information content (AvgIpc) is 2.68. The average molecular weight is 253 g/mol. The molecule has 3 atom stereocenters. The van der Waals surface area contributed by atoms with Gasteiger partial charge in [0, 0.05) is 31.2 Å². The molecule has 18 heavy (non-hydrogen) atoms. The van der Waals surface area contributed by atoms with Crippen molar-refractivity contribution in [1.29, 1.82) is 0 Å². The molecule has 3 unspecified atom stereocenters. The second-order valence-corrected chi connectivity index (χ2v) is 6.74. The molecule has 2 fully saturated rings. The van der Waals surface area contributed by atoms with Gasteiger partial charge in [-0.1, -0.05) is 13.8 Å². The lowest BCUT2D eigenvalue weighted by Gasteiger charge is -2.37. The lowest BCUT2D eigenvalue weighted by molar-refractivity contribution is 0.124. The summed E-state index contributed by atoms with van der Waals surface area (Å²) in [7, 11) is 2.27. The van der Waals surface area contributed by atoms with E-state index in [4.69, 9.17) is 0 Å². The molecule has 2 heterocycles. The minimum absolute atomic E-state index is 0.623. The van der Waals surface area contributed by atoms with Crippen molar-refractivity contribution in [2.75, 3.05) is 33.2 Å². The monoisotopic (exact) mass is 253 g/mol. The van der Waals surface area contributed by atoms with Crippen LogP contribution >= 0.6 is 0 Å².